The number of imide groups is 1. The Balaban J connectivity index is 0.886. The lowest BCUT2D eigenvalue weighted by atomic mass is 9.47. The van der Waals surface area contributed by atoms with Gasteiger partial charge in [0, 0.05) is 19.3 Å². The van der Waals surface area contributed by atoms with E-state index in [0.717, 1.165) is 54.8 Å². The Morgan fingerprint density at radius 3 is 2.00 bits per heavy atom. The van der Waals surface area contributed by atoms with Crippen LogP contribution in [0.5, 0.6) is 0 Å². The van der Waals surface area contributed by atoms with E-state index in [-0.39, 0.29) is 56.4 Å². The number of hydrogen-bond donors (Lipinski definition) is 0. The van der Waals surface area contributed by atoms with Crippen molar-refractivity contribution >= 4 is 23.8 Å². The van der Waals surface area contributed by atoms with Crippen LogP contribution in [0.1, 0.15) is 131 Å². The zero-order chi connectivity index (χ0) is 38.7. The van der Waals surface area contributed by atoms with Gasteiger partial charge in [0.05, 0.1) is 65.7 Å². The molecule has 0 aromatic carbocycles. The molecule has 2 amide bonds. The Hall–Kier alpha value is -2.34. The Bertz CT molecular complexity index is 1280. The fraction of sp³-hybridized carbons (Fsp3) is 0.860. The third-order valence-electron chi connectivity index (χ3n) is 13.8. The van der Waals surface area contributed by atoms with Crippen molar-refractivity contribution in [2.24, 2.45) is 46.3 Å². The third-order valence-corrected chi connectivity index (χ3v) is 13.8. The molecule has 0 bridgehead atoms. The van der Waals surface area contributed by atoms with Crippen molar-refractivity contribution in [3.63, 3.8) is 0 Å². The van der Waals surface area contributed by atoms with Gasteiger partial charge in [0.1, 0.15) is 6.10 Å². The van der Waals surface area contributed by atoms with Crippen molar-refractivity contribution in [3.8, 4) is 0 Å². The van der Waals surface area contributed by atoms with Crippen molar-refractivity contribution < 1.29 is 47.7 Å². The highest BCUT2D eigenvalue weighted by Crippen LogP contribution is 2.67. The lowest BCUT2D eigenvalue weighted by molar-refractivity contribution is -0.198. The van der Waals surface area contributed by atoms with Gasteiger partial charge in [-0.1, -0.05) is 65.5 Å². The van der Waals surface area contributed by atoms with Gasteiger partial charge in [-0.05, 0) is 91.3 Å². The summed E-state index contributed by atoms with van der Waals surface area (Å²) in [6.45, 7) is 15.0. The first-order valence-corrected chi connectivity index (χ1v) is 21.2. The summed E-state index contributed by atoms with van der Waals surface area (Å²) in [7, 11) is 0. The largest absolute Gasteiger partial charge is 0.462 e. The molecule has 1 aliphatic heterocycles. The van der Waals surface area contributed by atoms with Crippen LogP contribution < -0.4 is 0 Å². The number of carbonyl (C=O) groups is 4. The molecule has 306 valence electrons. The molecule has 3 saturated carbocycles. The quantitative estimate of drug-likeness (QED) is 0.0477. The van der Waals surface area contributed by atoms with E-state index in [9.17, 15) is 19.2 Å². The Kier molecular flexibility index (Phi) is 16.0. The van der Waals surface area contributed by atoms with Crippen molar-refractivity contribution in [2.75, 3.05) is 52.9 Å². The highest BCUT2D eigenvalue weighted by atomic mass is 16.7. The first kappa shape index (κ1) is 42.8. The second kappa shape index (κ2) is 20.2. The van der Waals surface area contributed by atoms with Crippen molar-refractivity contribution in [3.05, 3.63) is 11.6 Å². The predicted molar refractivity (Wildman–Crippen MR) is 203 cm³/mol. The molecule has 1 heterocycles. The van der Waals surface area contributed by atoms with Crippen LogP contribution in [0.25, 0.3) is 0 Å². The maximum absolute atomic E-state index is 12.7. The van der Waals surface area contributed by atoms with E-state index in [2.05, 4.69) is 40.7 Å². The van der Waals surface area contributed by atoms with Crippen LogP contribution in [-0.4, -0.2) is 87.8 Å². The van der Waals surface area contributed by atoms with E-state index in [4.69, 9.17) is 28.5 Å². The molecule has 54 heavy (non-hydrogen) atoms. The van der Waals surface area contributed by atoms with E-state index in [1.165, 1.54) is 51.4 Å². The number of hydrogen-bond acceptors (Lipinski definition) is 10. The second-order valence-electron chi connectivity index (χ2n) is 17.6. The molecule has 1 saturated heterocycles. The standard InChI is InChI=1S/C43H69NO10/c1-30(2)7-6-8-31(3)35-11-12-36-34-10-9-32-29-33(15-19-42(32,4)37(34)16-20-43(35,36)5)53-40(47)17-21-49-23-25-51-27-28-52-26-24-50-22-18-41(48)54-44-38(45)13-14-39(44)46/h9,30-31,33-37H,6-8,10-29H2,1-5H3/t31-,33?,34+,35?,36+,37+,42+,43-/m1/s1. The summed E-state index contributed by atoms with van der Waals surface area (Å²) < 4.78 is 27.9. The lowest BCUT2D eigenvalue weighted by Gasteiger charge is -2.58. The monoisotopic (exact) mass is 759 g/mol. The predicted octanol–water partition coefficient (Wildman–Crippen LogP) is 7.39. The topological polar surface area (TPSA) is 127 Å². The zero-order valence-corrected chi connectivity index (χ0v) is 33.9. The molecular weight excluding hydrogens is 690 g/mol. The van der Waals surface area contributed by atoms with Gasteiger partial charge >= 0.3 is 11.9 Å². The highest BCUT2D eigenvalue weighted by Gasteiger charge is 2.59. The molecular formula is C43H69NO10. The van der Waals surface area contributed by atoms with Crippen LogP contribution in [0, 0.1) is 46.3 Å². The SMILES string of the molecule is CC(C)CCC[C@@H](C)C1CC[C@H]2[C@@H]3CC=C4CC(OC(=O)CCOCCOCCOCCOCCC(=O)ON5C(=O)CCC5=O)CC[C@]4(C)[C@H]3CC[C@]12C. The van der Waals surface area contributed by atoms with E-state index < -0.39 is 17.8 Å². The summed E-state index contributed by atoms with van der Waals surface area (Å²) in [5.41, 5.74) is 2.29. The number of rotatable bonds is 22. The first-order valence-electron chi connectivity index (χ1n) is 21.2. The molecule has 0 spiro atoms. The Morgan fingerprint density at radius 2 is 1.37 bits per heavy atom. The minimum Gasteiger partial charge on any atom is -0.462 e. The molecule has 5 rings (SSSR count). The van der Waals surface area contributed by atoms with E-state index in [0.29, 0.717) is 50.1 Å². The van der Waals surface area contributed by atoms with Gasteiger partial charge in [-0.25, -0.2) is 4.79 Å². The summed E-state index contributed by atoms with van der Waals surface area (Å²) in [5, 5.41) is 0.528. The molecule has 5 aliphatic rings. The normalized spacial score (nSPS) is 31.2. The third kappa shape index (κ3) is 10.9. The molecule has 4 fully saturated rings. The zero-order valence-electron chi connectivity index (χ0n) is 33.9. The summed E-state index contributed by atoms with van der Waals surface area (Å²) >= 11 is 0. The molecule has 4 aliphatic carbocycles. The number of hydroxylamine groups is 2. The van der Waals surface area contributed by atoms with Gasteiger partial charge in [-0.2, -0.15) is 0 Å². The number of esters is 1. The van der Waals surface area contributed by atoms with Gasteiger partial charge in [0.15, 0.2) is 0 Å². The van der Waals surface area contributed by atoms with Crippen molar-refractivity contribution in [1.82, 2.24) is 5.06 Å². The van der Waals surface area contributed by atoms with Crippen molar-refractivity contribution in [2.45, 2.75) is 137 Å². The first-order chi connectivity index (χ1) is 25.9. The van der Waals surface area contributed by atoms with Gasteiger partial charge in [0.25, 0.3) is 11.8 Å². The molecule has 0 radical (unpaired) electrons. The summed E-state index contributed by atoms with van der Waals surface area (Å²) in [6, 6.07) is 0. The number of ether oxygens (including phenoxy) is 5. The smallest absolute Gasteiger partial charge is 0.335 e. The van der Waals surface area contributed by atoms with Crippen LogP contribution in [0.3, 0.4) is 0 Å². The van der Waals surface area contributed by atoms with Crippen LogP contribution in [0.2, 0.25) is 0 Å². The number of amides is 2. The average molecular weight is 760 g/mol. The molecule has 0 aromatic heterocycles. The summed E-state index contributed by atoms with van der Waals surface area (Å²) in [4.78, 5) is 52.2. The van der Waals surface area contributed by atoms with Gasteiger partial charge in [-0.3, -0.25) is 14.4 Å². The van der Waals surface area contributed by atoms with Gasteiger partial charge in [-0.15, -0.1) is 5.06 Å². The molecule has 8 atom stereocenters. The second-order valence-corrected chi connectivity index (χ2v) is 17.6. The maximum atomic E-state index is 12.7. The Labute approximate surface area is 323 Å². The number of nitrogens with zero attached hydrogens (tertiary/aromatic N) is 1. The van der Waals surface area contributed by atoms with Crippen LogP contribution in [-0.2, 0) is 47.7 Å². The fourth-order valence-electron chi connectivity index (χ4n) is 10.9. The highest BCUT2D eigenvalue weighted by molar-refractivity contribution is 6.01. The van der Waals surface area contributed by atoms with Crippen LogP contribution in [0.15, 0.2) is 11.6 Å². The minimum atomic E-state index is -0.695. The van der Waals surface area contributed by atoms with Crippen molar-refractivity contribution in [1.29, 1.82) is 0 Å². The van der Waals surface area contributed by atoms with Gasteiger partial charge < -0.3 is 28.5 Å². The lowest BCUT2D eigenvalue weighted by Crippen LogP contribution is -2.51. The molecule has 11 heteroatoms. The van der Waals surface area contributed by atoms with E-state index >= 15 is 0 Å². The molecule has 11 nitrogen and oxygen atoms in total. The summed E-state index contributed by atoms with van der Waals surface area (Å²) in [6.07, 6.45) is 16.7. The molecule has 0 aromatic rings. The number of carbonyl (C=O) groups excluding carboxylic acids is 4. The number of fused-ring (bicyclic) bond motifs is 5. The maximum Gasteiger partial charge on any atom is 0.335 e. The molecule has 2 unspecified atom stereocenters. The minimum absolute atomic E-state index is 0.0336. The van der Waals surface area contributed by atoms with Crippen LogP contribution in [0.4, 0.5) is 0 Å². The van der Waals surface area contributed by atoms with E-state index in [1.54, 1.807) is 5.57 Å². The fourth-order valence-corrected chi connectivity index (χ4v) is 10.9. The van der Waals surface area contributed by atoms with Crippen LogP contribution >= 0.6 is 0 Å². The van der Waals surface area contributed by atoms with E-state index in [1.807, 2.05) is 0 Å². The Morgan fingerprint density at radius 1 is 0.759 bits per heavy atom. The molecule has 0 N–H and O–H groups in total. The van der Waals surface area contributed by atoms with Gasteiger partial charge in [0.2, 0.25) is 0 Å². The number of allylic oxidation sites excluding steroid dienone is 1. The summed E-state index contributed by atoms with van der Waals surface area (Å²) in [5.74, 6) is 3.05. The average Bonchev–Trinajstić information content (AvgIpc) is 3.65.